The lowest BCUT2D eigenvalue weighted by molar-refractivity contribution is 0.350. The van der Waals surface area contributed by atoms with Crippen molar-refractivity contribution < 1.29 is 4.74 Å². The Balaban J connectivity index is 2.10. The molecule has 3 heteroatoms. The van der Waals surface area contributed by atoms with E-state index in [4.69, 9.17) is 16.3 Å². The van der Waals surface area contributed by atoms with E-state index in [0.29, 0.717) is 12.0 Å². The van der Waals surface area contributed by atoms with Gasteiger partial charge in [-0.3, -0.25) is 0 Å². The van der Waals surface area contributed by atoms with Crippen molar-refractivity contribution in [3.8, 4) is 5.75 Å². The lowest BCUT2D eigenvalue weighted by Crippen LogP contribution is -2.31. The van der Waals surface area contributed by atoms with E-state index < -0.39 is 0 Å². The third-order valence-corrected chi connectivity index (χ3v) is 3.94. The maximum absolute atomic E-state index is 6.17. The largest absolute Gasteiger partial charge is 0.493 e. The second-order valence-corrected chi connectivity index (χ2v) is 5.77. The van der Waals surface area contributed by atoms with Crippen molar-refractivity contribution in [2.24, 2.45) is 5.92 Å². The van der Waals surface area contributed by atoms with E-state index >= 15 is 0 Å². The van der Waals surface area contributed by atoms with E-state index in [1.54, 1.807) is 0 Å². The van der Waals surface area contributed by atoms with Gasteiger partial charge in [-0.1, -0.05) is 25.4 Å². The molecule has 100 valence electrons. The van der Waals surface area contributed by atoms with Gasteiger partial charge in [0.25, 0.3) is 0 Å². The van der Waals surface area contributed by atoms with Crippen molar-refractivity contribution in [2.45, 2.75) is 39.2 Å². The standard InChI is InChI=1S/C15H22ClNO/c1-10(2)14(17-3)5-4-11-8-13(16)9-12-6-7-18-15(11)12/h8-10,14,17H,4-7H2,1-3H3. The van der Waals surface area contributed by atoms with Crippen LogP contribution in [-0.2, 0) is 12.8 Å². The molecule has 0 amide bonds. The molecule has 0 aromatic heterocycles. The monoisotopic (exact) mass is 267 g/mol. The van der Waals surface area contributed by atoms with Crippen LogP contribution < -0.4 is 10.1 Å². The molecule has 0 saturated carbocycles. The fraction of sp³-hybridized carbons (Fsp3) is 0.600. The van der Waals surface area contributed by atoms with Crippen LogP contribution in [0.1, 0.15) is 31.4 Å². The second-order valence-electron chi connectivity index (χ2n) is 5.33. The van der Waals surface area contributed by atoms with Crippen LogP contribution in [0.3, 0.4) is 0 Å². The first kappa shape index (κ1) is 13.7. The molecular weight excluding hydrogens is 246 g/mol. The molecular formula is C15H22ClNO. The van der Waals surface area contributed by atoms with Gasteiger partial charge in [0, 0.05) is 17.5 Å². The first-order chi connectivity index (χ1) is 8.61. The first-order valence-corrected chi connectivity index (χ1v) is 7.11. The lowest BCUT2D eigenvalue weighted by atomic mass is 9.95. The molecule has 2 rings (SSSR count). The van der Waals surface area contributed by atoms with Crippen LogP contribution in [0, 0.1) is 5.92 Å². The normalized spacial score (nSPS) is 15.6. The number of nitrogens with one attached hydrogen (secondary N) is 1. The Hall–Kier alpha value is -0.730. The number of aryl methyl sites for hydroxylation is 1. The summed E-state index contributed by atoms with van der Waals surface area (Å²) in [7, 11) is 2.03. The highest BCUT2D eigenvalue weighted by Gasteiger charge is 2.19. The van der Waals surface area contributed by atoms with Crippen molar-refractivity contribution in [1.82, 2.24) is 5.32 Å². The molecule has 0 aliphatic carbocycles. The van der Waals surface area contributed by atoms with Crippen LogP contribution in [0.4, 0.5) is 0 Å². The SMILES string of the molecule is CNC(CCc1cc(Cl)cc2c1OCC2)C(C)C. The van der Waals surface area contributed by atoms with Crippen LogP contribution in [0.25, 0.3) is 0 Å². The van der Waals surface area contributed by atoms with Crippen molar-refractivity contribution in [2.75, 3.05) is 13.7 Å². The van der Waals surface area contributed by atoms with Crippen molar-refractivity contribution in [1.29, 1.82) is 0 Å². The predicted molar refractivity (Wildman–Crippen MR) is 76.7 cm³/mol. The number of hydrogen-bond donors (Lipinski definition) is 1. The molecule has 1 aliphatic rings. The summed E-state index contributed by atoms with van der Waals surface area (Å²) < 4.78 is 5.73. The highest BCUT2D eigenvalue weighted by Crippen LogP contribution is 2.33. The van der Waals surface area contributed by atoms with Crippen LogP contribution in [0.5, 0.6) is 5.75 Å². The molecule has 0 bridgehead atoms. The summed E-state index contributed by atoms with van der Waals surface area (Å²) in [6.45, 7) is 5.29. The van der Waals surface area contributed by atoms with E-state index in [2.05, 4.69) is 25.2 Å². The molecule has 1 aromatic rings. The minimum Gasteiger partial charge on any atom is -0.493 e. The molecule has 1 heterocycles. The van der Waals surface area contributed by atoms with E-state index in [1.807, 2.05) is 13.1 Å². The molecule has 1 unspecified atom stereocenters. The summed E-state index contributed by atoms with van der Waals surface area (Å²) in [4.78, 5) is 0. The Kier molecular flexibility index (Phi) is 4.52. The quantitative estimate of drug-likeness (QED) is 0.882. The molecule has 1 atom stereocenters. The summed E-state index contributed by atoms with van der Waals surface area (Å²) in [6.07, 6.45) is 3.12. The maximum atomic E-state index is 6.17. The molecule has 18 heavy (non-hydrogen) atoms. The molecule has 0 spiro atoms. The number of halogens is 1. The van der Waals surface area contributed by atoms with Gasteiger partial charge in [0.1, 0.15) is 5.75 Å². The minimum absolute atomic E-state index is 0.543. The Morgan fingerprint density at radius 2 is 2.17 bits per heavy atom. The third-order valence-electron chi connectivity index (χ3n) is 3.73. The molecule has 0 fully saturated rings. The van der Waals surface area contributed by atoms with Gasteiger partial charge >= 0.3 is 0 Å². The number of ether oxygens (including phenoxy) is 1. The average Bonchev–Trinajstić information content (AvgIpc) is 2.77. The zero-order chi connectivity index (χ0) is 13.1. The Bertz CT molecular complexity index is 417. The van der Waals surface area contributed by atoms with E-state index in [9.17, 15) is 0 Å². The Labute approximate surface area is 115 Å². The fourth-order valence-corrected chi connectivity index (χ4v) is 2.92. The highest BCUT2D eigenvalue weighted by atomic mass is 35.5. The zero-order valence-corrected chi connectivity index (χ0v) is 12.2. The van der Waals surface area contributed by atoms with Gasteiger partial charge in [0.15, 0.2) is 0 Å². The smallest absolute Gasteiger partial charge is 0.125 e. The maximum Gasteiger partial charge on any atom is 0.125 e. The van der Waals surface area contributed by atoms with Gasteiger partial charge < -0.3 is 10.1 Å². The van der Waals surface area contributed by atoms with Crippen molar-refractivity contribution in [3.63, 3.8) is 0 Å². The Morgan fingerprint density at radius 1 is 1.39 bits per heavy atom. The van der Waals surface area contributed by atoms with Crippen LogP contribution in [0.15, 0.2) is 12.1 Å². The topological polar surface area (TPSA) is 21.3 Å². The van der Waals surface area contributed by atoms with Crippen molar-refractivity contribution in [3.05, 3.63) is 28.3 Å². The van der Waals surface area contributed by atoms with Gasteiger partial charge in [0.05, 0.1) is 6.61 Å². The first-order valence-electron chi connectivity index (χ1n) is 6.73. The second kappa shape index (κ2) is 5.94. The van der Waals surface area contributed by atoms with Gasteiger partial charge in [-0.2, -0.15) is 0 Å². The zero-order valence-electron chi connectivity index (χ0n) is 11.4. The number of fused-ring (bicyclic) bond motifs is 1. The summed E-state index contributed by atoms with van der Waals surface area (Å²) in [6, 6.07) is 4.63. The van der Waals surface area contributed by atoms with Gasteiger partial charge in [-0.15, -0.1) is 0 Å². The number of benzene rings is 1. The van der Waals surface area contributed by atoms with Crippen LogP contribution in [0.2, 0.25) is 5.02 Å². The van der Waals surface area contributed by atoms with Gasteiger partial charge in [-0.25, -0.2) is 0 Å². The third kappa shape index (κ3) is 2.99. The van der Waals surface area contributed by atoms with Crippen molar-refractivity contribution >= 4 is 11.6 Å². The number of hydrogen-bond acceptors (Lipinski definition) is 2. The lowest BCUT2D eigenvalue weighted by Gasteiger charge is -2.20. The summed E-state index contributed by atoms with van der Waals surface area (Å²) in [5.41, 5.74) is 2.53. The van der Waals surface area contributed by atoms with Gasteiger partial charge in [0.2, 0.25) is 0 Å². The van der Waals surface area contributed by atoms with E-state index in [0.717, 1.165) is 36.6 Å². The van der Waals surface area contributed by atoms with Gasteiger partial charge in [-0.05, 0) is 49.1 Å². The molecule has 2 nitrogen and oxygen atoms in total. The van der Waals surface area contributed by atoms with Crippen LogP contribution >= 0.6 is 11.6 Å². The Morgan fingerprint density at radius 3 is 2.83 bits per heavy atom. The summed E-state index contributed by atoms with van der Waals surface area (Å²) in [5, 5.41) is 4.21. The minimum atomic E-state index is 0.543. The van der Waals surface area contributed by atoms with E-state index in [-0.39, 0.29) is 0 Å². The molecule has 1 aromatic carbocycles. The molecule has 0 saturated heterocycles. The number of rotatable bonds is 5. The molecule has 1 N–H and O–H groups in total. The molecule has 0 radical (unpaired) electrons. The highest BCUT2D eigenvalue weighted by molar-refractivity contribution is 6.30. The molecule has 1 aliphatic heterocycles. The summed E-state index contributed by atoms with van der Waals surface area (Å²) >= 11 is 6.17. The van der Waals surface area contributed by atoms with Crippen LogP contribution in [-0.4, -0.2) is 19.7 Å². The van der Waals surface area contributed by atoms with E-state index in [1.165, 1.54) is 11.1 Å². The predicted octanol–water partition coefficient (Wildman–Crippen LogP) is 3.45. The average molecular weight is 268 g/mol. The fourth-order valence-electron chi connectivity index (χ4n) is 2.65. The summed E-state index contributed by atoms with van der Waals surface area (Å²) in [5.74, 6) is 1.72.